The number of likely N-dealkylation sites (N-methyl/N-ethyl adjacent to an activating group) is 1. The summed E-state index contributed by atoms with van der Waals surface area (Å²) in [5.41, 5.74) is 6.34. The quantitative estimate of drug-likeness (QED) is 0.795. The second-order valence-electron chi connectivity index (χ2n) is 5.94. The molecule has 94 valence electrons. The molecule has 2 N–H and O–H groups in total. The van der Waals surface area contributed by atoms with Crippen LogP contribution in [0, 0.1) is 5.92 Å². The second kappa shape index (κ2) is 6.02. The Balaban J connectivity index is 1.74. The molecule has 2 heteroatoms. The minimum Gasteiger partial charge on any atom is -0.326 e. The highest BCUT2D eigenvalue weighted by molar-refractivity contribution is 4.82. The predicted octanol–water partition coefficient (Wildman–Crippen LogP) is 2.77. The van der Waals surface area contributed by atoms with E-state index in [1.54, 1.807) is 0 Å². The predicted molar refractivity (Wildman–Crippen MR) is 69.4 cm³/mol. The summed E-state index contributed by atoms with van der Waals surface area (Å²) in [6, 6.07) is 1.25. The van der Waals surface area contributed by atoms with Crippen LogP contribution in [0.3, 0.4) is 0 Å². The number of nitrogens with zero attached hydrogens (tertiary/aromatic N) is 1. The van der Waals surface area contributed by atoms with Gasteiger partial charge in [0.25, 0.3) is 0 Å². The molecule has 1 atom stereocenters. The molecule has 0 saturated heterocycles. The van der Waals surface area contributed by atoms with Crippen LogP contribution < -0.4 is 5.73 Å². The first-order valence-electron chi connectivity index (χ1n) is 7.23. The zero-order chi connectivity index (χ0) is 11.4. The lowest BCUT2D eigenvalue weighted by Gasteiger charge is -2.34. The van der Waals surface area contributed by atoms with Gasteiger partial charge >= 0.3 is 0 Å². The fraction of sp³-hybridized carbons (Fsp3) is 1.00. The van der Waals surface area contributed by atoms with Crippen molar-refractivity contribution in [3.8, 4) is 0 Å². The van der Waals surface area contributed by atoms with Crippen LogP contribution in [0.2, 0.25) is 0 Å². The average molecular weight is 224 g/mol. The Morgan fingerprint density at radius 1 is 1.00 bits per heavy atom. The van der Waals surface area contributed by atoms with Crippen LogP contribution in [-0.4, -0.2) is 30.6 Å². The third-order valence-electron chi connectivity index (χ3n) is 4.70. The highest BCUT2D eigenvalue weighted by Gasteiger charge is 2.25. The summed E-state index contributed by atoms with van der Waals surface area (Å²) in [5.74, 6) is 0.811. The molecule has 2 fully saturated rings. The molecule has 2 nitrogen and oxygen atoms in total. The monoisotopic (exact) mass is 224 g/mol. The van der Waals surface area contributed by atoms with Crippen molar-refractivity contribution in [3.05, 3.63) is 0 Å². The Morgan fingerprint density at radius 2 is 1.56 bits per heavy atom. The first kappa shape index (κ1) is 12.4. The lowest BCUT2D eigenvalue weighted by atomic mass is 9.93. The number of rotatable bonds is 4. The van der Waals surface area contributed by atoms with Crippen LogP contribution in [0.1, 0.15) is 57.8 Å². The standard InChI is InChI=1S/C14H28N2/c1-16(13-9-3-2-4-10-13)11-14(15)12-7-5-6-8-12/h12-14H,2-11,15H2,1H3. The van der Waals surface area contributed by atoms with Crippen LogP contribution in [0.15, 0.2) is 0 Å². The van der Waals surface area contributed by atoms with Crippen molar-refractivity contribution in [3.63, 3.8) is 0 Å². The van der Waals surface area contributed by atoms with Gasteiger partial charge in [-0.15, -0.1) is 0 Å². The van der Waals surface area contributed by atoms with E-state index in [0.717, 1.165) is 18.5 Å². The van der Waals surface area contributed by atoms with E-state index in [2.05, 4.69) is 11.9 Å². The van der Waals surface area contributed by atoms with Crippen molar-refractivity contribution in [2.75, 3.05) is 13.6 Å². The van der Waals surface area contributed by atoms with Crippen LogP contribution in [0.4, 0.5) is 0 Å². The molecular weight excluding hydrogens is 196 g/mol. The molecule has 2 aliphatic carbocycles. The van der Waals surface area contributed by atoms with Crippen LogP contribution >= 0.6 is 0 Å². The summed E-state index contributed by atoms with van der Waals surface area (Å²) in [6.07, 6.45) is 12.7. The highest BCUT2D eigenvalue weighted by Crippen LogP contribution is 2.28. The minimum absolute atomic E-state index is 0.425. The van der Waals surface area contributed by atoms with E-state index in [1.165, 1.54) is 57.8 Å². The molecule has 1 unspecified atom stereocenters. The maximum Gasteiger partial charge on any atom is 0.0196 e. The van der Waals surface area contributed by atoms with Crippen molar-refractivity contribution in [2.45, 2.75) is 69.9 Å². The molecule has 0 spiro atoms. The Hall–Kier alpha value is -0.0800. The van der Waals surface area contributed by atoms with E-state index in [-0.39, 0.29) is 0 Å². The van der Waals surface area contributed by atoms with Crippen LogP contribution in [0.5, 0.6) is 0 Å². The molecule has 0 amide bonds. The van der Waals surface area contributed by atoms with Gasteiger partial charge in [-0.1, -0.05) is 32.1 Å². The summed E-state index contributed by atoms with van der Waals surface area (Å²) >= 11 is 0. The fourth-order valence-corrected chi connectivity index (χ4v) is 3.54. The lowest BCUT2D eigenvalue weighted by Crippen LogP contribution is -2.44. The van der Waals surface area contributed by atoms with Crippen molar-refractivity contribution >= 4 is 0 Å². The molecule has 0 aromatic rings. The maximum absolute atomic E-state index is 6.34. The molecule has 0 radical (unpaired) electrons. The van der Waals surface area contributed by atoms with E-state index in [0.29, 0.717) is 6.04 Å². The zero-order valence-corrected chi connectivity index (χ0v) is 10.8. The number of hydrogen-bond donors (Lipinski definition) is 1. The van der Waals surface area contributed by atoms with Gasteiger partial charge in [-0.25, -0.2) is 0 Å². The van der Waals surface area contributed by atoms with Gasteiger partial charge in [0.05, 0.1) is 0 Å². The van der Waals surface area contributed by atoms with Gasteiger partial charge in [0.15, 0.2) is 0 Å². The second-order valence-corrected chi connectivity index (χ2v) is 5.94. The van der Waals surface area contributed by atoms with E-state index >= 15 is 0 Å². The summed E-state index contributed by atoms with van der Waals surface area (Å²) in [5, 5.41) is 0. The van der Waals surface area contributed by atoms with Crippen molar-refractivity contribution in [1.82, 2.24) is 4.90 Å². The summed E-state index contributed by atoms with van der Waals surface area (Å²) < 4.78 is 0. The van der Waals surface area contributed by atoms with Gasteiger partial charge in [0.2, 0.25) is 0 Å². The third-order valence-corrected chi connectivity index (χ3v) is 4.70. The fourth-order valence-electron chi connectivity index (χ4n) is 3.54. The van der Waals surface area contributed by atoms with Gasteiger partial charge in [-0.2, -0.15) is 0 Å². The van der Waals surface area contributed by atoms with E-state index in [1.807, 2.05) is 0 Å². The zero-order valence-electron chi connectivity index (χ0n) is 10.8. The Labute approximate surface area is 101 Å². The molecule has 2 rings (SSSR count). The first-order valence-corrected chi connectivity index (χ1v) is 7.23. The summed E-state index contributed by atoms with van der Waals surface area (Å²) in [7, 11) is 2.28. The van der Waals surface area contributed by atoms with Gasteiger partial charge in [0.1, 0.15) is 0 Å². The number of hydrogen-bond acceptors (Lipinski definition) is 2. The molecule has 16 heavy (non-hydrogen) atoms. The highest BCUT2D eigenvalue weighted by atomic mass is 15.1. The Morgan fingerprint density at radius 3 is 2.19 bits per heavy atom. The molecular formula is C14H28N2. The SMILES string of the molecule is CN(CC(N)C1CCCC1)C1CCCCC1. The normalized spacial score (nSPS) is 26.4. The summed E-state index contributed by atoms with van der Waals surface area (Å²) in [4.78, 5) is 2.54. The van der Waals surface area contributed by atoms with Gasteiger partial charge in [0, 0.05) is 18.6 Å². The molecule has 0 bridgehead atoms. The largest absolute Gasteiger partial charge is 0.326 e. The van der Waals surface area contributed by atoms with Crippen molar-refractivity contribution in [1.29, 1.82) is 0 Å². The van der Waals surface area contributed by atoms with E-state index in [4.69, 9.17) is 5.73 Å². The van der Waals surface area contributed by atoms with Gasteiger partial charge in [-0.3, -0.25) is 0 Å². The van der Waals surface area contributed by atoms with Crippen molar-refractivity contribution < 1.29 is 0 Å². The molecule has 2 saturated carbocycles. The molecule has 2 aliphatic rings. The topological polar surface area (TPSA) is 29.3 Å². The molecule has 0 aliphatic heterocycles. The minimum atomic E-state index is 0.425. The molecule has 0 aromatic carbocycles. The van der Waals surface area contributed by atoms with Gasteiger partial charge in [-0.05, 0) is 38.6 Å². The third kappa shape index (κ3) is 3.21. The van der Waals surface area contributed by atoms with Crippen LogP contribution in [-0.2, 0) is 0 Å². The van der Waals surface area contributed by atoms with Gasteiger partial charge < -0.3 is 10.6 Å². The number of nitrogens with two attached hydrogens (primary N) is 1. The lowest BCUT2D eigenvalue weighted by molar-refractivity contribution is 0.168. The first-order chi connectivity index (χ1) is 7.77. The van der Waals surface area contributed by atoms with Crippen molar-refractivity contribution in [2.24, 2.45) is 11.7 Å². The Kier molecular flexibility index (Phi) is 4.66. The Bertz CT molecular complexity index is 193. The molecule has 0 aromatic heterocycles. The summed E-state index contributed by atoms with van der Waals surface area (Å²) in [6.45, 7) is 1.12. The molecule has 0 heterocycles. The smallest absolute Gasteiger partial charge is 0.0196 e. The van der Waals surface area contributed by atoms with E-state index < -0.39 is 0 Å². The average Bonchev–Trinajstić information content (AvgIpc) is 2.83. The van der Waals surface area contributed by atoms with E-state index in [9.17, 15) is 0 Å². The maximum atomic E-state index is 6.34. The van der Waals surface area contributed by atoms with Crippen LogP contribution in [0.25, 0.3) is 0 Å².